The van der Waals surface area contributed by atoms with E-state index in [9.17, 15) is 18.0 Å². The van der Waals surface area contributed by atoms with Crippen LogP contribution < -0.4 is 5.56 Å². The van der Waals surface area contributed by atoms with E-state index in [4.69, 9.17) is 0 Å². The molecule has 0 radical (unpaired) electrons. The van der Waals surface area contributed by atoms with Crippen LogP contribution in [0.4, 0.5) is 13.2 Å². The van der Waals surface area contributed by atoms with Crippen LogP contribution in [0.2, 0.25) is 0 Å². The molecule has 20 heavy (non-hydrogen) atoms. The molecule has 0 aliphatic heterocycles. The number of fused-ring (bicyclic) bond motifs is 3. The van der Waals surface area contributed by atoms with Crippen molar-refractivity contribution >= 4 is 37.7 Å². The molecule has 2 aromatic heterocycles. The number of nitrogens with zero attached hydrogens (tertiary/aromatic N) is 3. The van der Waals surface area contributed by atoms with Gasteiger partial charge in [0.25, 0.3) is 5.56 Å². The van der Waals surface area contributed by atoms with E-state index in [2.05, 4.69) is 31.0 Å². The first kappa shape index (κ1) is 13.1. The number of hydrogen-bond donors (Lipinski definition) is 1. The first-order valence-corrected chi connectivity index (χ1v) is 6.22. The van der Waals surface area contributed by atoms with Gasteiger partial charge in [0.15, 0.2) is 0 Å². The highest BCUT2D eigenvalue weighted by atomic mass is 79.9. The van der Waals surface area contributed by atoms with Gasteiger partial charge in [-0.3, -0.25) is 4.79 Å². The van der Waals surface area contributed by atoms with Gasteiger partial charge in [0.2, 0.25) is 0 Å². The van der Waals surface area contributed by atoms with Crippen molar-refractivity contribution in [3.05, 3.63) is 32.9 Å². The van der Waals surface area contributed by atoms with Crippen LogP contribution in [0, 0.1) is 6.92 Å². The molecule has 9 heteroatoms. The summed E-state index contributed by atoms with van der Waals surface area (Å²) in [7, 11) is 0. The standard InChI is InChI=1S/C11H6BrF3N4O/c1-4-16-8-5(10(20)17-4)2-7(12)9-6(8)3-19(18-9)11(13,14)15/h2-3H,1H3,(H,16,17,20). The number of aromatic nitrogens is 4. The third-order valence-electron chi connectivity index (χ3n) is 2.80. The van der Waals surface area contributed by atoms with Gasteiger partial charge in [0.05, 0.1) is 10.9 Å². The summed E-state index contributed by atoms with van der Waals surface area (Å²) in [5, 5.41) is 3.86. The van der Waals surface area contributed by atoms with Crippen LogP contribution in [0.25, 0.3) is 21.8 Å². The Bertz CT molecular complexity index is 896. The van der Waals surface area contributed by atoms with Gasteiger partial charge in [-0.15, -0.1) is 13.2 Å². The Labute approximate surface area is 117 Å². The van der Waals surface area contributed by atoms with Gasteiger partial charge in [-0.25, -0.2) is 4.98 Å². The molecule has 0 saturated heterocycles. The number of alkyl halides is 3. The van der Waals surface area contributed by atoms with Crippen molar-refractivity contribution in [2.45, 2.75) is 13.2 Å². The van der Waals surface area contributed by atoms with Crippen LogP contribution in [-0.4, -0.2) is 19.7 Å². The zero-order valence-electron chi connectivity index (χ0n) is 9.92. The van der Waals surface area contributed by atoms with Crippen LogP contribution in [0.15, 0.2) is 21.5 Å². The van der Waals surface area contributed by atoms with E-state index in [1.165, 1.54) is 6.07 Å². The average molecular weight is 347 g/mol. The maximum atomic E-state index is 12.7. The van der Waals surface area contributed by atoms with Gasteiger partial charge in [0.1, 0.15) is 11.3 Å². The summed E-state index contributed by atoms with van der Waals surface area (Å²) in [6.45, 7) is 1.56. The third-order valence-corrected chi connectivity index (χ3v) is 3.40. The van der Waals surface area contributed by atoms with Crippen LogP contribution in [0.5, 0.6) is 0 Å². The Balaban J connectivity index is 2.52. The number of nitrogens with one attached hydrogen (secondary N) is 1. The zero-order valence-corrected chi connectivity index (χ0v) is 11.5. The molecule has 104 valence electrons. The molecular weight excluding hydrogens is 341 g/mol. The first-order chi connectivity index (χ1) is 9.27. The number of rotatable bonds is 0. The molecule has 0 unspecified atom stereocenters. The molecule has 0 amide bonds. The highest BCUT2D eigenvalue weighted by Crippen LogP contribution is 2.31. The van der Waals surface area contributed by atoms with Gasteiger partial charge >= 0.3 is 6.30 Å². The van der Waals surface area contributed by atoms with Crippen LogP contribution in [0.1, 0.15) is 5.82 Å². The highest BCUT2D eigenvalue weighted by Gasteiger charge is 2.32. The number of aryl methyl sites for hydroxylation is 1. The molecule has 1 aromatic carbocycles. The largest absolute Gasteiger partial charge is 0.504 e. The summed E-state index contributed by atoms with van der Waals surface area (Å²) in [4.78, 5) is 18.4. The predicted octanol–water partition coefficient (Wildman–Crippen LogP) is 2.82. The van der Waals surface area contributed by atoms with Crippen molar-refractivity contribution < 1.29 is 13.2 Å². The Morgan fingerprint density at radius 3 is 2.65 bits per heavy atom. The predicted molar refractivity (Wildman–Crippen MR) is 69.4 cm³/mol. The van der Waals surface area contributed by atoms with Gasteiger partial charge in [-0.2, -0.15) is 9.78 Å². The minimum absolute atomic E-state index is 0.0972. The molecule has 3 aromatic rings. The number of hydrogen-bond acceptors (Lipinski definition) is 3. The quantitative estimate of drug-likeness (QED) is 0.680. The van der Waals surface area contributed by atoms with Gasteiger partial charge in [-0.1, -0.05) is 0 Å². The maximum absolute atomic E-state index is 12.7. The number of halogens is 4. The maximum Gasteiger partial charge on any atom is 0.504 e. The van der Waals surface area contributed by atoms with Crippen molar-refractivity contribution in [3.63, 3.8) is 0 Å². The molecule has 2 heterocycles. The lowest BCUT2D eigenvalue weighted by Crippen LogP contribution is -2.16. The van der Waals surface area contributed by atoms with Gasteiger partial charge in [0, 0.05) is 16.1 Å². The first-order valence-electron chi connectivity index (χ1n) is 5.43. The van der Waals surface area contributed by atoms with Crippen molar-refractivity contribution in [1.82, 2.24) is 19.7 Å². The van der Waals surface area contributed by atoms with E-state index in [1.807, 2.05) is 0 Å². The van der Waals surface area contributed by atoms with Gasteiger partial charge < -0.3 is 4.98 Å². The minimum atomic E-state index is -4.62. The Morgan fingerprint density at radius 2 is 2.00 bits per heavy atom. The number of aromatic amines is 1. The monoisotopic (exact) mass is 346 g/mol. The van der Waals surface area contributed by atoms with Gasteiger partial charge in [-0.05, 0) is 28.9 Å². The average Bonchev–Trinajstić information content (AvgIpc) is 2.76. The van der Waals surface area contributed by atoms with E-state index >= 15 is 0 Å². The van der Waals surface area contributed by atoms with Crippen LogP contribution >= 0.6 is 15.9 Å². The Hall–Kier alpha value is -1.90. The molecule has 5 nitrogen and oxygen atoms in total. The fraction of sp³-hybridized carbons (Fsp3) is 0.182. The fourth-order valence-electron chi connectivity index (χ4n) is 1.98. The van der Waals surface area contributed by atoms with Crippen LogP contribution in [-0.2, 0) is 6.30 Å². The lowest BCUT2D eigenvalue weighted by Gasteiger charge is -2.03. The second kappa shape index (κ2) is 4.05. The second-order valence-corrected chi connectivity index (χ2v) is 5.06. The van der Waals surface area contributed by atoms with Crippen molar-refractivity contribution in [1.29, 1.82) is 0 Å². The molecule has 1 N–H and O–H groups in total. The molecule has 0 aliphatic rings. The van der Waals surface area contributed by atoms with E-state index in [0.717, 1.165) is 6.20 Å². The SMILES string of the molecule is Cc1nc2c(cc(Br)c3nn(C(F)(F)F)cc32)c(=O)[nH]1. The fourth-order valence-corrected chi connectivity index (χ4v) is 2.50. The summed E-state index contributed by atoms with van der Waals surface area (Å²) in [6.07, 6.45) is -3.80. The van der Waals surface area contributed by atoms with Crippen LogP contribution in [0.3, 0.4) is 0 Å². The molecule has 3 rings (SSSR count). The molecule has 0 aliphatic carbocycles. The summed E-state index contributed by atoms with van der Waals surface area (Å²) in [5.41, 5.74) is -0.109. The van der Waals surface area contributed by atoms with E-state index in [0.29, 0.717) is 10.3 Å². The van der Waals surface area contributed by atoms with E-state index in [-0.39, 0.29) is 26.5 Å². The summed E-state index contributed by atoms with van der Waals surface area (Å²) < 4.78 is 38.3. The molecule has 0 fully saturated rings. The number of benzene rings is 1. The highest BCUT2D eigenvalue weighted by molar-refractivity contribution is 9.10. The molecular formula is C11H6BrF3N4O. The molecule has 0 atom stereocenters. The smallest absolute Gasteiger partial charge is 0.310 e. The topological polar surface area (TPSA) is 63.6 Å². The Morgan fingerprint density at radius 1 is 1.30 bits per heavy atom. The normalized spacial score (nSPS) is 12.4. The lowest BCUT2D eigenvalue weighted by atomic mass is 10.2. The molecule has 0 saturated carbocycles. The lowest BCUT2D eigenvalue weighted by molar-refractivity contribution is -0.211. The second-order valence-electron chi connectivity index (χ2n) is 4.21. The third kappa shape index (κ3) is 1.89. The Kier molecular flexibility index (Phi) is 2.65. The molecule has 0 spiro atoms. The van der Waals surface area contributed by atoms with Crippen molar-refractivity contribution in [3.8, 4) is 0 Å². The van der Waals surface area contributed by atoms with Crippen molar-refractivity contribution in [2.24, 2.45) is 0 Å². The van der Waals surface area contributed by atoms with E-state index in [1.54, 1.807) is 6.92 Å². The zero-order chi connectivity index (χ0) is 14.7. The number of H-pyrrole nitrogens is 1. The van der Waals surface area contributed by atoms with E-state index < -0.39 is 11.9 Å². The minimum Gasteiger partial charge on any atom is -0.310 e. The molecule has 0 bridgehead atoms. The summed E-state index contributed by atoms with van der Waals surface area (Å²) in [6, 6.07) is 1.41. The summed E-state index contributed by atoms with van der Waals surface area (Å²) in [5.74, 6) is 0.325. The summed E-state index contributed by atoms with van der Waals surface area (Å²) >= 11 is 3.13. The van der Waals surface area contributed by atoms with Crippen molar-refractivity contribution in [2.75, 3.05) is 0 Å².